The number of carbonyl (C=O) groups is 1. The lowest BCUT2D eigenvalue weighted by atomic mass is 9.82. The first kappa shape index (κ1) is 16.9. The second-order valence-electron chi connectivity index (χ2n) is 5.16. The lowest BCUT2D eigenvalue weighted by molar-refractivity contribution is -0.122. The van der Waals surface area contributed by atoms with Crippen LogP contribution in [0.1, 0.15) is 32.1 Å². The first-order chi connectivity index (χ1) is 9.14. The summed E-state index contributed by atoms with van der Waals surface area (Å²) in [6.07, 6.45) is 8.17. The minimum atomic E-state index is -0.715. The third-order valence-electron chi connectivity index (χ3n) is 3.61. The largest absolute Gasteiger partial charge is 0.383 e. The highest BCUT2D eigenvalue weighted by atomic mass is 35.5. The molecule has 1 aliphatic carbocycles. The van der Waals surface area contributed by atoms with Gasteiger partial charge in [0.05, 0.1) is 30.6 Å². The number of anilines is 1. The van der Waals surface area contributed by atoms with Crippen molar-refractivity contribution < 1.29 is 9.53 Å². The zero-order chi connectivity index (χ0) is 13.7. The number of amides is 1. The maximum absolute atomic E-state index is 12.2. The van der Waals surface area contributed by atoms with Gasteiger partial charge in [-0.15, -0.1) is 12.4 Å². The molecule has 0 atom stereocenters. The standard InChI is InChI=1S/C13H22N4O2.ClH/c1-19-8-7-17-10-11(9-15-17)16-12(18)13(14)5-3-2-4-6-13;/h9-10H,2-8,14H2,1H3,(H,16,18);1H. The number of aromatic nitrogens is 2. The number of carbonyl (C=O) groups excluding carboxylic acids is 1. The fraction of sp³-hybridized carbons (Fsp3) is 0.692. The molecular weight excluding hydrogens is 280 g/mol. The number of nitrogens with two attached hydrogens (primary N) is 1. The van der Waals surface area contributed by atoms with Gasteiger partial charge in [0.1, 0.15) is 0 Å². The summed E-state index contributed by atoms with van der Waals surface area (Å²) >= 11 is 0. The van der Waals surface area contributed by atoms with Crippen molar-refractivity contribution in [3.8, 4) is 0 Å². The summed E-state index contributed by atoms with van der Waals surface area (Å²) in [4.78, 5) is 12.2. The lowest BCUT2D eigenvalue weighted by Crippen LogP contribution is -2.52. The van der Waals surface area contributed by atoms with Crippen molar-refractivity contribution in [3.63, 3.8) is 0 Å². The van der Waals surface area contributed by atoms with Crippen molar-refractivity contribution in [2.45, 2.75) is 44.2 Å². The summed E-state index contributed by atoms with van der Waals surface area (Å²) in [5.74, 6) is -0.0986. The van der Waals surface area contributed by atoms with Gasteiger partial charge >= 0.3 is 0 Å². The number of rotatable bonds is 5. The third-order valence-corrected chi connectivity index (χ3v) is 3.61. The molecule has 114 valence electrons. The molecule has 20 heavy (non-hydrogen) atoms. The molecule has 6 nitrogen and oxygen atoms in total. The van der Waals surface area contributed by atoms with Crippen molar-refractivity contribution in [3.05, 3.63) is 12.4 Å². The molecule has 1 aliphatic rings. The summed E-state index contributed by atoms with van der Waals surface area (Å²) in [6.45, 7) is 1.26. The van der Waals surface area contributed by atoms with E-state index in [1.807, 2.05) is 0 Å². The number of hydrogen-bond acceptors (Lipinski definition) is 4. The van der Waals surface area contributed by atoms with Gasteiger partial charge in [0.2, 0.25) is 5.91 Å². The van der Waals surface area contributed by atoms with Crippen molar-refractivity contribution >= 4 is 24.0 Å². The lowest BCUT2D eigenvalue weighted by Gasteiger charge is -2.31. The van der Waals surface area contributed by atoms with Crippen LogP contribution in [0.4, 0.5) is 5.69 Å². The molecule has 2 rings (SSSR count). The van der Waals surface area contributed by atoms with Crippen LogP contribution in [0.5, 0.6) is 0 Å². The van der Waals surface area contributed by atoms with E-state index in [2.05, 4.69) is 10.4 Å². The molecule has 0 aromatic carbocycles. The molecule has 1 aromatic rings. The molecule has 1 amide bonds. The molecule has 0 bridgehead atoms. The van der Waals surface area contributed by atoms with E-state index in [0.717, 1.165) is 25.7 Å². The molecule has 0 aliphatic heterocycles. The van der Waals surface area contributed by atoms with Gasteiger partial charge in [-0.2, -0.15) is 5.10 Å². The quantitative estimate of drug-likeness (QED) is 0.864. The molecular formula is C13H23ClN4O2. The highest BCUT2D eigenvalue weighted by Gasteiger charge is 2.35. The normalized spacial score (nSPS) is 17.3. The van der Waals surface area contributed by atoms with Gasteiger partial charge in [0, 0.05) is 13.3 Å². The number of ether oxygens (including phenoxy) is 1. The Hall–Kier alpha value is -1.11. The Labute approximate surface area is 125 Å². The van der Waals surface area contributed by atoms with E-state index in [1.54, 1.807) is 24.2 Å². The summed E-state index contributed by atoms with van der Waals surface area (Å²) < 4.78 is 6.72. The van der Waals surface area contributed by atoms with Crippen LogP contribution in [0.3, 0.4) is 0 Å². The molecule has 0 radical (unpaired) electrons. The molecule has 3 N–H and O–H groups in total. The van der Waals surface area contributed by atoms with Gasteiger partial charge in [0.25, 0.3) is 0 Å². The van der Waals surface area contributed by atoms with Gasteiger partial charge in [0.15, 0.2) is 0 Å². The zero-order valence-corrected chi connectivity index (χ0v) is 12.6. The van der Waals surface area contributed by atoms with Crippen molar-refractivity contribution in [1.29, 1.82) is 0 Å². The Morgan fingerprint density at radius 3 is 2.85 bits per heavy atom. The Bertz CT molecular complexity index is 430. The summed E-state index contributed by atoms with van der Waals surface area (Å²) in [7, 11) is 1.65. The molecule has 1 heterocycles. The average Bonchev–Trinajstić information content (AvgIpc) is 2.85. The Morgan fingerprint density at radius 1 is 1.50 bits per heavy atom. The third kappa shape index (κ3) is 4.19. The van der Waals surface area contributed by atoms with Crippen LogP contribution in [-0.2, 0) is 16.1 Å². The molecule has 7 heteroatoms. The number of nitrogens with one attached hydrogen (secondary N) is 1. The van der Waals surface area contributed by atoms with Crippen LogP contribution >= 0.6 is 12.4 Å². The minimum absolute atomic E-state index is 0. The minimum Gasteiger partial charge on any atom is -0.383 e. The molecule has 1 fully saturated rings. The zero-order valence-electron chi connectivity index (χ0n) is 11.8. The van der Waals surface area contributed by atoms with Gasteiger partial charge in [-0.25, -0.2) is 0 Å². The average molecular weight is 303 g/mol. The Balaban J connectivity index is 0.00000200. The fourth-order valence-corrected chi connectivity index (χ4v) is 2.40. The van der Waals surface area contributed by atoms with Crippen molar-refractivity contribution in [1.82, 2.24) is 9.78 Å². The molecule has 1 saturated carbocycles. The number of nitrogens with zero attached hydrogens (tertiary/aromatic N) is 2. The summed E-state index contributed by atoms with van der Waals surface area (Å²) in [5, 5.41) is 7.02. The predicted molar refractivity (Wildman–Crippen MR) is 80.0 cm³/mol. The van der Waals surface area contributed by atoms with Crippen LogP contribution in [0.2, 0.25) is 0 Å². The highest BCUT2D eigenvalue weighted by molar-refractivity contribution is 5.97. The van der Waals surface area contributed by atoms with Crippen molar-refractivity contribution in [2.75, 3.05) is 19.0 Å². The van der Waals surface area contributed by atoms with E-state index in [9.17, 15) is 4.79 Å². The fourth-order valence-electron chi connectivity index (χ4n) is 2.40. The van der Waals surface area contributed by atoms with Gasteiger partial charge in [-0.05, 0) is 12.8 Å². The monoisotopic (exact) mass is 302 g/mol. The second-order valence-corrected chi connectivity index (χ2v) is 5.16. The molecule has 0 unspecified atom stereocenters. The first-order valence-corrected chi connectivity index (χ1v) is 6.76. The van der Waals surface area contributed by atoms with Gasteiger partial charge in [-0.1, -0.05) is 19.3 Å². The van der Waals surface area contributed by atoms with Gasteiger partial charge in [-0.3, -0.25) is 9.48 Å². The highest BCUT2D eigenvalue weighted by Crippen LogP contribution is 2.27. The van der Waals surface area contributed by atoms with Crippen molar-refractivity contribution in [2.24, 2.45) is 5.73 Å². The van der Waals surface area contributed by atoms with Gasteiger partial charge < -0.3 is 15.8 Å². The number of halogens is 1. The molecule has 0 saturated heterocycles. The smallest absolute Gasteiger partial charge is 0.244 e. The Morgan fingerprint density at radius 2 is 2.20 bits per heavy atom. The maximum Gasteiger partial charge on any atom is 0.244 e. The molecule has 0 spiro atoms. The van der Waals surface area contributed by atoms with Crippen LogP contribution < -0.4 is 11.1 Å². The Kier molecular flexibility index (Phi) is 6.45. The van der Waals surface area contributed by atoms with E-state index in [0.29, 0.717) is 18.8 Å². The van der Waals surface area contributed by atoms with Crippen LogP contribution in [-0.4, -0.2) is 34.9 Å². The number of hydrogen-bond donors (Lipinski definition) is 2. The van der Waals surface area contributed by atoms with Crippen LogP contribution in [0, 0.1) is 0 Å². The van der Waals surface area contributed by atoms with Crippen LogP contribution in [0.15, 0.2) is 12.4 Å². The SMILES string of the molecule is COCCn1cc(NC(=O)C2(N)CCCCC2)cn1.Cl. The number of methoxy groups -OCH3 is 1. The van der Waals surface area contributed by atoms with E-state index in [1.165, 1.54) is 6.42 Å². The van der Waals surface area contributed by atoms with E-state index in [4.69, 9.17) is 10.5 Å². The first-order valence-electron chi connectivity index (χ1n) is 6.76. The maximum atomic E-state index is 12.2. The molecule has 1 aromatic heterocycles. The van der Waals surface area contributed by atoms with E-state index >= 15 is 0 Å². The van der Waals surface area contributed by atoms with E-state index in [-0.39, 0.29) is 18.3 Å². The predicted octanol–water partition coefficient (Wildman–Crippen LogP) is 1.55. The van der Waals surface area contributed by atoms with E-state index < -0.39 is 5.54 Å². The second kappa shape index (κ2) is 7.61. The summed E-state index contributed by atoms with van der Waals surface area (Å²) in [5.41, 5.74) is 6.15. The summed E-state index contributed by atoms with van der Waals surface area (Å²) in [6, 6.07) is 0. The van der Waals surface area contributed by atoms with Crippen LogP contribution in [0.25, 0.3) is 0 Å². The topological polar surface area (TPSA) is 82.2 Å².